The fourth-order valence-corrected chi connectivity index (χ4v) is 2.43. The molecule has 0 amide bonds. The van der Waals surface area contributed by atoms with E-state index in [9.17, 15) is 0 Å². The highest BCUT2D eigenvalue weighted by molar-refractivity contribution is 5.93. The largest absolute Gasteiger partial charge is 0.497 e. The minimum atomic E-state index is 0.343. The number of aromatic nitrogens is 3. The highest BCUT2D eigenvalue weighted by Crippen LogP contribution is 2.29. The van der Waals surface area contributed by atoms with Crippen LogP contribution in [0.15, 0.2) is 59.1 Å². The molecule has 4 rings (SSSR count). The average molecular weight is 306 g/mol. The molecule has 2 aromatic carbocycles. The second-order valence-electron chi connectivity index (χ2n) is 5.01. The van der Waals surface area contributed by atoms with Crippen LogP contribution in [0.5, 0.6) is 5.75 Å². The number of rotatable bonds is 4. The smallest absolute Gasteiger partial charge is 0.320 e. The maximum atomic E-state index is 5.71. The normalized spacial score (nSPS) is 10.8. The minimum Gasteiger partial charge on any atom is -0.497 e. The molecule has 0 unspecified atom stereocenters. The van der Waals surface area contributed by atoms with Crippen molar-refractivity contribution in [2.45, 2.75) is 0 Å². The Labute approximate surface area is 132 Å². The van der Waals surface area contributed by atoms with Crippen LogP contribution in [-0.4, -0.2) is 22.3 Å². The number of fused-ring (bicyclic) bond motifs is 1. The summed E-state index contributed by atoms with van der Waals surface area (Å²) in [5.74, 6) is 1.26. The van der Waals surface area contributed by atoms with Crippen molar-refractivity contribution in [2.75, 3.05) is 12.4 Å². The predicted molar refractivity (Wildman–Crippen MR) is 87.9 cm³/mol. The highest BCUT2D eigenvalue weighted by Gasteiger charge is 2.13. The Morgan fingerprint density at radius 2 is 1.87 bits per heavy atom. The molecular formula is C17H14N4O2. The molecule has 6 heteroatoms. The summed E-state index contributed by atoms with van der Waals surface area (Å²) >= 11 is 0. The first-order valence-corrected chi connectivity index (χ1v) is 7.14. The van der Waals surface area contributed by atoms with E-state index in [0.29, 0.717) is 11.9 Å². The lowest BCUT2D eigenvalue weighted by Gasteiger charge is -2.02. The third-order valence-electron chi connectivity index (χ3n) is 3.59. The van der Waals surface area contributed by atoms with E-state index >= 15 is 0 Å². The first-order valence-electron chi connectivity index (χ1n) is 7.14. The molecule has 4 aromatic rings. The molecule has 0 aliphatic heterocycles. The van der Waals surface area contributed by atoms with Crippen LogP contribution in [0.2, 0.25) is 0 Å². The summed E-state index contributed by atoms with van der Waals surface area (Å²) in [5.41, 5.74) is 2.76. The molecule has 0 radical (unpaired) electrons. The van der Waals surface area contributed by atoms with Gasteiger partial charge in [-0.25, -0.2) is 0 Å². The molecule has 0 saturated carbocycles. The first-order chi connectivity index (χ1) is 11.3. The maximum absolute atomic E-state index is 5.71. The first kappa shape index (κ1) is 13.4. The minimum absolute atomic E-state index is 0.343. The number of para-hydroxylation sites is 1. The maximum Gasteiger partial charge on any atom is 0.320 e. The van der Waals surface area contributed by atoms with Gasteiger partial charge in [-0.3, -0.25) is 0 Å². The number of anilines is 2. The van der Waals surface area contributed by atoms with Crippen LogP contribution in [0.4, 0.5) is 11.7 Å². The van der Waals surface area contributed by atoms with Crippen molar-refractivity contribution >= 4 is 22.6 Å². The zero-order chi connectivity index (χ0) is 15.6. The molecule has 0 bridgehead atoms. The molecule has 0 fully saturated rings. The van der Waals surface area contributed by atoms with Crippen molar-refractivity contribution in [1.29, 1.82) is 0 Å². The Kier molecular flexibility index (Phi) is 3.20. The van der Waals surface area contributed by atoms with Crippen molar-refractivity contribution in [3.63, 3.8) is 0 Å². The Morgan fingerprint density at radius 1 is 1.04 bits per heavy atom. The van der Waals surface area contributed by atoms with Crippen molar-refractivity contribution < 1.29 is 9.15 Å². The summed E-state index contributed by atoms with van der Waals surface area (Å²) in [5, 5.41) is 12.3. The van der Waals surface area contributed by atoms with Gasteiger partial charge in [-0.1, -0.05) is 23.3 Å². The summed E-state index contributed by atoms with van der Waals surface area (Å²) in [6, 6.07) is 15.8. The van der Waals surface area contributed by atoms with Crippen molar-refractivity contribution in [3.8, 4) is 17.2 Å². The van der Waals surface area contributed by atoms with Crippen LogP contribution < -0.4 is 10.1 Å². The second kappa shape index (κ2) is 5.49. The van der Waals surface area contributed by atoms with Gasteiger partial charge in [-0.05, 0) is 30.3 Å². The van der Waals surface area contributed by atoms with Gasteiger partial charge < -0.3 is 19.5 Å². The molecule has 0 aliphatic rings. The topological polar surface area (TPSA) is 76.0 Å². The monoisotopic (exact) mass is 306 g/mol. The van der Waals surface area contributed by atoms with E-state index in [2.05, 4.69) is 20.5 Å². The molecule has 2 N–H and O–H groups in total. The van der Waals surface area contributed by atoms with Gasteiger partial charge in [0.25, 0.3) is 5.89 Å². The van der Waals surface area contributed by atoms with Gasteiger partial charge in [0, 0.05) is 22.8 Å². The van der Waals surface area contributed by atoms with E-state index in [0.717, 1.165) is 27.9 Å². The summed E-state index contributed by atoms with van der Waals surface area (Å²) in [6.45, 7) is 0. The standard InChI is InChI=1S/C17H14N4O2/c1-22-12-8-6-11(7-9-12)19-17-21-20-16(23-17)14-10-18-15-5-3-2-4-13(14)15/h2-10,18H,1H3,(H,19,21). The summed E-state index contributed by atoms with van der Waals surface area (Å²) in [7, 11) is 1.63. The number of hydrogen-bond donors (Lipinski definition) is 2. The third kappa shape index (κ3) is 2.50. The SMILES string of the molecule is COc1ccc(Nc2nnc(-c3c[nH]c4ccccc34)o2)cc1. The number of nitrogens with one attached hydrogen (secondary N) is 2. The fourth-order valence-electron chi connectivity index (χ4n) is 2.43. The molecule has 114 valence electrons. The molecule has 6 nitrogen and oxygen atoms in total. The fraction of sp³-hybridized carbons (Fsp3) is 0.0588. The van der Waals surface area contributed by atoms with Crippen LogP contribution in [0.1, 0.15) is 0 Å². The summed E-state index contributed by atoms with van der Waals surface area (Å²) < 4.78 is 10.8. The van der Waals surface area contributed by atoms with Crippen LogP contribution >= 0.6 is 0 Å². The zero-order valence-corrected chi connectivity index (χ0v) is 12.4. The Morgan fingerprint density at radius 3 is 2.70 bits per heavy atom. The van der Waals surface area contributed by atoms with Gasteiger partial charge in [0.05, 0.1) is 12.7 Å². The molecule has 2 aromatic heterocycles. The number of H-pyrrole nitrogens is 1. The van der Waals surface area contributed by atoms with E-state index in [4.69, 9.17) is 9.15 Å². The van der Waals surface area contributed by atoms with E-state index < -0.39 is 0 Å². The van der Waals surface area contributed by atoms with Crippen molar-refractivity contribution in [3.05, 3.63) is 54.7 Å². The van der Waals surface area contributed by atoms with Crippen molar-refractivity contribution in [2.24, 2.45) is 0 Å². The van der Waals surface area contributed by atoms with E-state index in [1.54, 1.807) is 7.11 Å². The lowest BCUT2D eigenvalue weighted by atomic mass is 10.2. The number of aromatic amines is 1. The Hall–Kier alpha value is -3.28. The molecule has 2 heterocycles. The van der Waals surface area contributed by atoms with E-state index in [1.807, 2.05) is 54.7 Å². The van der Waals surface area contributed by atoms with Crippen LogP contribution in [-0.2, 0) is 0 Å². The van der Waals surface area contributed by atoms with Crippen LogP contribution in [0.3, 0.4) is 0 Å². The van der Waals surface area contributed by atoms with Gasteiger partial charge >= 0.3 is 6.01 Å². The Bertz CT molecular complexity index is 941. The number of hydrogen-bond acceptors (Lipinski definition) is 5. The molecule has 0 saturated heterocycles. The van der Waals surface area contributed by atoms with E-state index in [1.165, 1.54) is 0 Å². The predicted octanol–water partition coefficient (Wildman–Crippen LogP) is 3.97. The Balaban J connectivity index is 1.61. The highest BCUT2D eigenvalue weighted by atomic mass is 16.5. The molecule has 23 heavy (non-hydrogen) atoms. The summed E-state index contributed by atoms with van der Waals surface area (Å²) in [6.07, 6.45) is 1.87. The molecule has 0 spiro atoms. The van der Waals surface area contributed by atoms with E-state index in [-0.39, 0.29) is 0 Å². The van der Waals surface area contributed by atoms with Gasteiger partial charge in [0.15, 0.2) is 0 Å². The van der Waals surface area contributed by atoms with Gasteiger partial charge in [0.2, 0.25) is 0 Å². The van der Waals surface area contributed by atoms with Crippen LogP contribution in [0.25, 0.3) is 22.4 Å². The number of methoxy groups -OCH3 is 1. The molecule has 0 aliphatic carbocycles. The third-order valence-corrected chi connectivity index (χ3v) is 3.59. The quantitative estimate of drug-likeness (QED) is 0.596. The number of ether oxygens (including phenoxy) is 1. The van der Waals surface area contributed by atoms with Gasteiger partial charge in [0.1, 0.15) is 5.75 Å². The molecule has 0 atom stereocenters. The number of nitrogens with zero attached hydrogens (tertiary/aromatic N) is 2. The van der Waals surface area contributed by atoms with Gasteiger partial charge in [-0.2, -0.15) is 0 Å². The summed E-state index contributed by atoms with van der Waals surface area (Å²) in [4.78, 5) is 3.20. The number of benzene rings is 2. The molecular weight excluding hydrogens is 292 g/mol. The van der Waals surface area contributed by atoms with Gasteiger partial charge in [-0.15, -0.1) is 5.10 Å². The lowest BCUT2D eigenvalue weighted by Crippen LogP contribution is -1.90. The van der Waals surface area contributed by atoms with Crippen LogP contribution in [0, 0.1) is 0 Å². The lowest BCUT2D eigenvalue weighted by molar-refractivity contribution is 0.415. The average Bonchev–Trinajstić information content (AvgIpc) is 3.22. The van der Waals surface area contributed by atoms with Crippen molar-refractivity contribution in [1.82, 2.24) is 15.2 Å². The zero-order valence-electron chi connectivity index (χ0n) is 12.4. The second-order valence-corrected chi connectivity index (χ2v) is 5.01.